The lowest BCUT2D eigenvalue weighted by atomic mass is 10.0. The Balaban J connectivity index is 1.61. The predicted molar refractivity (Wildman–Crippen MR) is 114 cm³/mol. The number of amides is 1. The quantitative estimate of drug-likeness (QED) is 0.631. The molecule has 0 fully saturated rings. The van der Waals surface area contributed by atoms with Crippen molar-refractivity contribution in [3.63, 3.8) is 0 Å². The molecule has 1 heterocycles. The van der Waals surface area contributed by atoms with Crippen molar-refractivity contribution < 1.29 is 4.79 Å². The van der Waals surface area contributed by atoms with E-state index < -0.39 is 0 Å². The van der Waals surface area contributed by atoms with E-state index >= 15 is 0 Å². The summed E-state index contributed by atoms with van der Waals surface area (Å²) in [5.74, 6) is 1.08. The lowest BCUT2D eigenvalue weighted by Crippen LogP contribution is -2.28. The fourth-order valence-electron chi connectivity index (χ4n) is 3.01. The van der Waals surface area contributed by atoms with Crippen LogP contribution in [0.25, 0.3) is 11.4 Å². The van der Waals surface area contributed by atoms with Crippen LogP contribution in [-0.2, 0) is 11.8 Å². The van der Waals surface area contributed by atoms with Crippen molar-refractivity contribution in [1.29, 1.82) is 0 Å². The van der Waals surface area contributed by atoms with Gasteiger partial charge in [-0.2, -0.15) is 0 Å². The van der Waals surface area contributed by atoms with E-state index in [-0.39, 0.29) is 11.9 Å². The number of benzene rings is 2. The fourth-order valence-corrected chi connectivity index (χ4v) is 3.73. The lowest BCUT2D eigenvalue weighted by molar-refractivity contribution is -0.119. The first-order valence-corrected chi connectivity index (χ1v) is 10.3. The summed E-state index contributed by atoms with van der Waals surface area (Å²) in [7, 11) is 1.93. The smallest absolute Gasteiger partial charge is 0.230 e. The van der Waals surface area contributed by atoms with Crippen molar-refractivity contribution in [1.82, 2.24) is 20.1 Å². The molecule has 0 aliphatic rings. The zero-order valence-corrected chi connectivity index (χ0v) is 17.8. The summed E-state index contributed by atoms with van der Waals surface area (Å²) in [6, 6.07) is 14.4. The number of rotatable bonds is 6. The van der Waals surface area contributed by atoms with E-state index in [0.29, 0.717) is 5.75 Å². The molecule has 3 rings (SSSR count). The summed E-state index contributed by atoms with van der Waals surface area (Å²) < 4.78 is 1.93. The third-order valence-corrected chi connectivity index (χ3v) is 5.87. The molecule has 1 atom stereocenters. The van der Waals surface area contributed by atoms with Gasteiger partial charge < -0.3 is 9.88 Å². The van der Waals surface area contributed by atoms with Gasteiger partial charge >= 0.3 is 0 Å². The largest absolute Gasteiger partial charge is 0.349 e. The minimum atomic E-state index is -0.0326. The molecule has 1 aromatic heterocycles. The van der Waals surface area contributed by atoms with Crippen molar-refractivity contribution in [3.8, 4) is 11.4 Å². The third-order valence-electron chi connectivity index (χ3n) is 4.85. The summed E-state index contributed by atoms with van der Waals surface area (Å²) in [6.45, 7) is 8.23. The molecule has 1 unspecified atom stereocenters. The maximum absolute atomic E-state index is 12.4. The van der Waals surface area contributed by atoms with Gasteiger partial charge in [0.1, 0.15) is 0 Å². The number of aromatic nitrogens is 3. The van der Waals surface area contributed by atoms with Gasteiger partial charge in [-0.3, -0.25) is 4.79 Å². The van der Waals surface area contributed by atoms with Crippen molar-refractivity contribution in [2.75, 3.05) is 5.75 Å². The lowest BCUT2D eigenvalue weighted by Gasteiger charge is -2.15. The number of aryl methyl sites for hydroxylation is 3. The number of carbonyl (C=O) groups excluding carboxylic acids is 1. The van der Waals surface area contributed by atoms with Gasteiger partial charge in [-0.15, -0.1) is 10.2 Å². The Morgan fingerprint density at radius 3 is 2.61 bits per heavy atom. The second-order valence-corrected chi connectivity index (χ2v) is 8.10. The molecule has 0 radical (unpaired) electrons. The number of hydrogen-bond donors (Lipinski definition) is 1. The number of nitrogens with zero attached hydrogens (tertiary/aromatic N) is 3. The van der Waals surface area contributed by atoms with Gasteiger partial charge in [0.25, 0.3) is 0 Å². The van der Waals surface area contributed by atoms with Crippen LogP contribution in [0, 0.1) is 20.8 Å². The molecule has 146 valence electrons. The minimum Gasteiger partial charge on any atom is -0.349 e. The summed E-state index contributed by atoms with van der Waals surface area (Å²) in [5, 5.41) is 12.3. The van der Waals surface area contributed by atoms with E-state index in [2.05, 4.69) is 66.6 Å². The van der Waals surface area contributed by atoms with Crippen LogP contribution in [0.15, 0.2) is 47.6 Å². The minimum absolute atomic E-state index is 0.0177. The number of nitrogens with one attached hydrogen (secondary N) is 1. The Hall–Kier alpha value is -2.60. The van der Waals surface area contributed by atoms with Crippen molar-refractivity contribution in [2.24, 2.45) is 7.05 Å². The van der Waals surface area contributed by atoms with Crippen LogP contribution < -0.4 is 5.32 Å². The number of thioether (sulfide) groups is 1. The molecule has 6 heteroatoms. The van der Waals surface area contributed by atoms with Gasteiger partial charge in [-0.1, -0.05) is 53.7 Å². The van der Waals surface area contributed by atoms with Gasteiger partial charge in [0.2, 0.25) is 5.91 Å². The first kappa shape index (κ1) is 20.1. The fraction of sp³-hybridized carbons (Fsp3) is 0.318. The van der Waals surface area contributed by atoms with Crippen LogP contribution in [0.3, 0.4) is 0 Å². The summed E-state index contributed by atoms with van der Waals surface area (Å²) in [4.78, 5) is 12.4. The highest BCUT2D eigenvalue weighted by molar-refractivity contribution is 7.99. The van der Waals surface area contributed by atoms with E-state index in [1.54, 1.807) is 0 Å². The molecule has 2 aromatic carbocycles. The first-order chi connectivity index (χ1) is 13.3. The molecule has 0 saturated carbocycles. The predicted octanol–water partition coefficient (Wildman–Crippen LogP) is 4.38. The van der Waals surface area contributed by atoms with Crippen LogP contribution in [0.1, 0.15) is 35.2 Å². The van der Waals surface area contributed by atoms with Gasteiger partial charge in [0, 0.05) is 12.6 Å². The molecule has 5 nitrogen and oxygen atoms in total. The maximum Gasteiger partial charge on any atom is 0.230 e. The van der Waals surface area contributed by atoms with E-state index in [4.69, 9.17) is 0 Å². The Morgan fingerprint density at radius 1 is 1.11 bits per heavy atom. The molecule has 28 heavy (non-hydrogen) atoms. The van der Waals surface area contributed by atoms with Crippen molar-refractivity contribution in [3.05, 3.63) is 64.7 Å². The van der Waals surface area contributed by atoms with Crippen LogP contribution >= 0.6 is 11.8 Å². The van der Waals surface area contributed by atoms with Crippen LogP contribution in [0.5, 0.6) is 0 Å². The van der Waals surface area contributed by atoms with Gasteiger partial charge in [-0.25, -0.2) is 0 Å². The topological polar surface area (TPSA) is 59.8 Å². The van der Waals surface area contributed by atoms with Crippen LogP contribution in [-0.4, -0.2) is 26.4 Å². The molecule has 0 bridgehead atoms. The maximum atomic E-state index is 12.4. The first-order valence-electron chi connectivity index (χ1n) is 9.31. The van der Waals surface area contributed by atoms with Gasteiger partial charge in [0.05, 0.1) is 11.8 Å². The standard InChI is InChI=1S/C22H26N4OS/c1-14-7-6-8-19(11-14)21-24-25-22(26(21)5)28-13-20(27)23-17(4)18-10-9-15(2)16(3)12-18/h6-12,17H,13H2,1-5H3,(H,23,27). The third kappa shape index (κ3) is 4.62. The molecular weight excluding hydrogens is 368 g/mol. The molecule has 0 spiro atoms. The Labute approximate surface area is 170 Å². The summed E-state index contributed by atoms with van der Waals surface area (Å²) in [6.07, 6.45) is 0. The zero-order valence-electron chi connectivity index (χ0n) is 17.0. The van der Waals surface area contributed by atoms with E-state index in [1.807, 2.05) is 30.7 Å². The molecule has 1 N–H and O–H groups in total. The second kappa shape index (κ2) is 8.61. The average molecular weight is 395 g/mol. The Kier molecular flexibility index (Phi) is 6.19. The molecular formula is C22H26N4OS. The highest BCUT2D eigenvalue weighted by atomic mass is 32.2. The SMILES string of the molecule is Cc1cccc(-c2nnc(SCC(=O)NC(C)c3ccc(C)c(C)c3)n2C)c1. The monoisotopic (exact) mass is 394 g/mol. The molecule has 0 saturated heterocycles. The number of carbonyl (C=O) groups is 1. The average Bonchev–Trinajstić information content (AvgIpc) is 3.02. The summed E-state index contributed by atoms with van der Waals surface area (Å²) >= 11 is 1.39. The van der Waals surface area contributed by atoms with Crippen LogP contribution in [0.4, 0.5) is 0 Å². The van der Waals surface area contributed by atoms with E-state index in [0.717, 1.165) is 22.1 Å². The van der Waals surface area contributed by atoms with Gasteiger partial charge in [-0.05, 0) is 50.5 Å². The van der Waals surface area contributed by atoms with E-state index in [9.17, 15) is 4.79 Å². The summed E-state index contributed by atoms with van der Waals surface area (Å²) in [5.41, 5.74) is 5.80. The highest BCUT2D eigenvalue weighted by Crippen LogP contribution is 2.23. The molecule has 0 aliphatic carbocycles. The number of hydrogen-bond acceptors (Lipinski definition) is 4. The highest BCUT2D eigenvalue weighted by Gasteiger charge is 2.15. The van der Waals surface area contributed by atoms with Crippen LogP contribution in [0.2, 0.25) is 0 Å². The molecule has 0 aliphatic heterocycles. The van der Waals surface area contributed by atoms with Crippen molar-refractivity contribution >= 4 is 17.7 Å². The molecule has 3 aromatic rings. The normalized spacial score (nSPS) is 12.0. The zero-order chi connectivity index (χ0) is 20.3. The Morgan fingerprint density at radius 2 is 1.89 bits per heavy atom. The second-order valence-electron chi connectivity index (χ2n) is 7.16. The molecule has 1 amide bonds. The van der Waals surface area contributed by atoms with Gasteiger partial charge in [0.15, 0.2) is 11.0 Å². The Bertz CT molecular complexity index is 996. The van der Waals surface area contributed by atoms with E-state index in [1.165, 1.54) is 28.5 Å². The van der Waals surface area contributed by atoms with Crippen molar-refractivity contribution in [2.45, 2.75) is 38.9 Å².